The van der Waals surface area contributed by atoms with Crippen molar-refractivity contribution in [1.29, 1.82) is 0 Å². The first kappa shape index (κ1) is 16.1. The Morgan fingerprint density at radius 1 is 0.652 bits per heavy atom. The Hall–Kier alpha value is -1.80. The van der Waals surface area contributed by atoms with Crippen molar-refractivity contribution in [3.63, 3.8) is 0 Å². The molecule has 0 aliphatic carbocycles. The van der Waals surface area contributed by atoms with Crippen LogP contribution >= 0.6 is 0 Å². The molecule has 0 aliphatic rings. The van der Waals surface area contributed by atoms with Crippen LogP contribution < -0.4 is 0 Å². The van der Waals surface area contributed by atoms with Gasteiger partial charge < -0.3 is 0 Å². The minimum absolute atomic E-state index is 0.830. The van der Waals surface area contributed by atoms with Crippen LogP contribution in [0.5, 0.6) is 0 Å². The second-order valence-electron chi connectivity index (χ2n) is 5.11. The van der Waals surface area contributed by atoms with Crippen LogP contribution in [0.3, 0.4) is 0 Å². The Labute approximate surface area is 143 Å². The average molecular weight is 414 g/mol. The van der Waals surface area contributed by atoms with Gasteiger partial charge in [0.2, 0.25) is 0 Å². The fourth-order valence-corrected chi connectivity index (χ4v) is 4.37. The molecule has 23 heavy (non-hydrogen) atoms. The maximum atomic E-state index is 11.8. The molecule has 0 unspecified atom stereocenters. The van der Waals surface area contributed by atoms with Crippen LogP contribution in [0.2, 0.25) is 0 Å². The van der Waals surface area contributed by atoms with Gasteiger partial charge in [0.25, 0.3) is 0 Å². The van der Waals surface area contributed by atoms with Crippen LogP contribution in [0.4, 0.5) is 0 Å². The molecule has 0 saturated heterocycles. The third-order valence-corrected chi connectivity index (χ3v) is 4.98. The van der Waals surface area contributed by atoms with E-state index in [0.717, 1.165) is 16.7 Å². The van der Waals surface area contributed by atoms with Crippen molar-refractivity contribution >= 4 is 21.0 Å². The van der Waals surface area contributed by atoms with Crippen molar-refractivity contribution in [2.75, 3.05) is 0 Å². The molecule has 0 fully saturated rings. The van der Waals surface area contributed by atoms with Gasteiger partial charge in [-0.15, -0.1) is 0 Å². The molecule has 0 spiro atoms. The fraction of sp³-hybridized carbons (Fsp3) is 0.0526. The summed E-state index contributed by atoms with van der Waals surface area (Å²) in [6, 6.07) is 28.7. The minimum atomic E-state index is -4.00. The van der Waals surface area contributed by atoms with Crippen molar-refractivity contribution in [2.45, 2.75) is 5.60 Å². The standard InChI is InChI=1S/C19H15O.H2O.O.Sb/c20-19(16-10-4-1-5-11-16,17-12-6-2-7-13-17)18-14-8-3-9-15-18;;;/h1-15H;1H2;;/q-1;;;+2/p-1. The maximum absolute atomic E-state index is 11.8. The van der Waals surface area contributed by atoms with E-state index in [2.05, 4.69) is 0 Å². The molecule has 3 nitrogen and oxygen atoms in total. The predicted molar refractivity (Wildman–Crippen MR) is 89.0 cm³/mol. The summed E-state index contributed by atoms with van der Waals surface area (Å²) in [5.74, 6) is 0. The zero-order valence-corrected chi connectivity index (χ0v) is 14.9. The van der Waals surface area contributed by atoms with E-state index in [9.17, 15) is 6.40 Å². The van der Waals surface area contributed by atoms with E-state index in [0.29, 0.717) is 0 Å². The summed E-state index contributed by atoms with van der Waals surface area (Å²) in [7, 11) is 0. The normalized spacial score (nSPS) is 11.2. The van der Waals surface area contributed by atoms with E-state index in [4.69, 9.17) is 3.02 Å². The Bertz CT molecular complexity index is 677. The Morgan fingerprint density at radius 2 is 0.957 bits per heavy atom. The van der Waals surface area contributed by atoms with Gasteiger partial charge in [-0.2, -0.15) is 0 Å². The molecular formula is C19H16O3Sb. The summed E-state index contributed by atoms with van der Waals surface area (Å²) in [6.45, 7) is 0. The fourth-order valence-electron chi connectivity index (χ4n) is 2.79. The molecule has 0 heterocycles. The van der Waals surface area contributed by atoms with Gasteiger partial charge in [0.1, 0.15) is 0 Å². The van der Waals surface area contributed by atoms with Gasteiger partial charge in [-0.25, -0.2) is 0 Å². The van der Waals surface area contributed by atoms with Gasteiger partial charge in [-0.1, -0.05) is 0 Å². The number of benzene rings is 3. The summed E-state index contributed by atoms with van der Waals surface area (Å²) in [4.78, 5) is 0. The quantitative estimate of drug-likeness (QED) is 0.515. The van der Waals surface area contributed by atoms with Gasteiger partial charge in [0.15, 0.2) is 0 Å². The van der Waals surface area contributed by atoms with Crippen molar-refractivity contribution in [3.8, 4) is 0 Å². The molecular weight excluding hydrogens is 398 g/mol. The summed E-state index contributed by atoms with van der Waals surface area (Å²) < 4.78 is 27.2. The van der Waals surface area contributed by atoms with Crippen molar-refractivity contribution in [1.82, 2.24) is 0 Å². The summed E-state index contributed by atoms with van der Waals surface area (Å²) in [6.07, 6.45) is 0. The molecule has 1 radical (unpaired) electrons. The first-order valence-electron chi connectivity index (χ1n) is 7.25. The third-order valence-electron chi connectivity index (χ3n) is 3.76. The second-order valence-corrected chi connectivity index (χ2v) is 6.99. The Morgan fingerprint density at radius 3 is 1.22 bits per heavy atom. The molecule has 0 atom stereocenters. The second kappa shape index (κ2) is 7.18. The molecule has 0 amide bonds. The number of rotatable bonds is 5. The van der Waals surface area contributed by atoms with Crippen LogP contribution in [0.25, 0.3) is 0 Å². The summed E-state index contributed by atoms with van der Waals surface area (Å²) in [5, 5.41) is 0. The molecule has 3 rings (SSSR count). The third kappa shape index (κ3) is 3.27. The predicted octanol–water partition coefficient (Wildman–Crippen LogP) is 3.40. The molecule has 0 saturated carbocycles. The Kier molecular flexibility index (Phi) is 5.02. The van der Waals surface area contributed by atoms with Gasteiger partial charge in [-0.3, -0.25) is 0 Å². The van der Waals surface area contributed by atoms with E-state index in [1.807, 2.05) is 91.0 Å². The van der Waals surface area contributed by atoms with E-state index in [1.165, 1.54) is 0 Å². The number of hydrogen-bond donors (Lipinski definition) is 1. The van der Waals surface area contributed by atoms with Crippen LogP contribution in [-0.4, -0.2) is 24.4 Å². The summed E-state index contributed by atoms with van der Waals surface area (Å²) >= 11 is -4.00. The molecule has 0 bridgehead atoms. The molecule has 4 heteroatoms. The van der Waals surface area contributed by atoms with E-state index in [1.54, 1.807) is 0 Å². The van der Waals surface area contributed by atoms with E-state index < -0.39 is 26.6 Å². The van der Waals surface area contributed by atoms with Gasteiger partial charge in [0.05, 0.1) is 0 Å². The first-order chi connectivity index (χ1) is 11.2. The van der Waals surface area contributed by atoms with Crippen LogP contribution in [0, 0.1) is 0 Å². The van der Waals surface area contributed by atoms with Gasteiger partial charge in [0, 0.05) is 0 Å². The zero-order chi connectivity index (χ0) is 16.1. The topological polar surface area (TPSA) is 46.5 Å². The molecule has 1 N–H and O–H groups in total. The Balaban J connectivity index is 2.32. The van der Waals surface area contributed by atoms with Crippen LogP contribution in [0.1, 0.15) is 16.7 Å². The van der Waals surface area contributed by atoms with Crippen molar-refractivity contribution in [3.05, 3.63) is 108 Å². The molecule has 0 aliphatic heterocycles. The van der Waals surface area contributed by atoms with Crippen LogP contribution in [-0.2, 0) is 11.6 Å². The number of hydrogen-bond acceptors (Lipinski definition) is 2. The van der Waals surface area contributed by atoms with E-state index in [-0.39, 0.29) is 0 Å². The van der Waals surface area contributed by atoms with E-state index >= 15 is 0 Å². The molecule has 0 aromatic heterocycles. The monoisotopic (exact) mass is 413 g/mol. The molecule has 115 valence electrons. The SMILES string of the molecule is [O]=[Sb]([OH])[O]C(c1ccccc1)(c1ccccc1)c1ccccc1. The first-order valence-corrected chi connectivity index (χ1v) is 10.5. The molecule has 3 aromatic rings. The zero-order valence-electron chi connectivity index (χ0n) is 12.4. The molecule has 3 aromatic carbocycles. The van der Waals surface area contributed by atoms with Crippen molar-refractivity contribution < 1.29 is 9.42 Å². The van der Waals surface area contributed by atoms with Crippen molar-refractivity contribution in [2.24, 2.45) is 0 Å². The van der Waals surface area contributed by atoms with Crippen LogP contribution in [0.15, 0.2) is 91.0 Å². The van der Waals surface area contributed by atoms with Gasteiger partial charge >= 0.3 is 144 Å². The van der Waals surface area contributed by atoms with Gasteiger partial charge in [-0.05, 0) is 0 Å². The summed E-state index contributed by atoms with van der Waals surface area (Å²) in [5.41, 5.74) is 1.41. The average Bonchev–Trinajstić information content (AvgIpc) is 2.62.